The third-order valence-electron chi connectivity index (χ3n) is 19.4. The number of aromatic nitrogens is 1. The van der Waals surface area contributed by atoms with Crippen molar-refractivity contribution in [2.75, 3.05) is 9.80 Å². The highest BCUT2D eigenvalue weighted by Gasteiger charge is 2.45. The van der Waals surface area contributed by atoms with Gasteiger partial charge in [0.05, 0.1) is 22.0 Å². The van der Waals surface area contributed by atoms with Crippen LogP contribution in [0.4, 0.5) is 34.1 Å². The first kappa shape index (κ1) is 53.2. The number of anilines is 6. The second-order valence-corrected chi connectivity index (χ2v) is 33.6. The molecule has 3 nitrogen and oxygen atoms in total. The predicted molar refractivity (Wildman–Crippen MR) is 402 cm³/mol. The van der Waals surface area contributed by atoms with Gasteiger partial charge in [0.1, 0.15) is 0 Å². The van der Waals surface area contributed by atoms with E-state index in [-0.39, 0.29) is 90.6 Å². The molecule has 0 spiro atoms. The van der Waals surface area contributed by atoms with E-state index in [0.717, 1.165) is 89.5 Å². The molecule has 466 valence electrons. The average Bonchev–Trinajstić information content (AvgIpc) is 0.760. The molecular weight excluding hydrogens is 1110 g/mol. The van der Waals surface area contributed by atoms with E-state index in [0.29, 0.717) is 5.69 Å². The summed E-state index contributed by atoms with van der Waals surface area (Å²) < 4.78 is 76.0. The molecule has 0 saturated carbocycles. The molecule has 3 heterocycles. The van der Waals surface area contributed by atoms with Gasteiger partial charge in [-0.05, 0) is 193 Å². The van der Waals surface area contributed by atoms with Gasteiger partial charge in [-0.3, -0.25) is 0 Å². The molecular formula is C88H96BN3. The maximum atomic E-state index is 9.66. The number of para-hydroxylation sites is 2. The van der Waals surface area contributed by atoms with Gasteiger partial charge in [-0.15, -0.1) is 0 Å². The molecule has 0 amide bonds. The zero-order valence-electron chi connectivity index (χ0n) is 66.4. The van der Waals surface area contributed by atoms with Crippen molar-refractivity contribution in [3.05, 3.63) is 239 Å². The molecule has 0 unspecified atom stereocenters. The van der Waals surface area contributed by atoms with E-state index in [4.69, 9.17) is 5.48 Å². The summed E-state index contributed by atoms with van der Waals surface area (Å²) >= 11 is 0. The van der Waals surface area contributed by atoms with Crippen molar-refractivity contribution in [1.82, 2.24) is 4.57 Å². The van der Waals surface area contributed by atoms with E-state index < -0.39 is 24.2 Å². The predicted octanol–water partition coefficient (Wildman–Crippen LogP) is 22.9. The topological polar surface area (TPSA) is 11.4 Å². The van der Waals surface area contributed by atoms with Crippen LogP contribution < -0.4 is 26.2 Å². The van der Waals surface area contributed by atoms with Crippen LogP contribution in [0, 0.1) is 0 Å². The second-order valence-electron chi connectivity index (χ2n) is 33.6. The smallest absolute Gasteiger partial charge is 0.252 e. The first-order chi connectivity index (χ1) is 46.3. The molecule has 0 bridgehead atoms. The molecule has 13 rings (SSSR count). The van der Waals surface area contributed by atoms with E-state index in [9.17, 15) is 5.48 Å². The van der Waals surface area contributed by atoms with E-state index in [2.05, 4.69) is 301 Å². The highest BCUT2D eigenvalue weighted by Crippen LogP contribution is 2.50. The fourth-order valence-electron chi connectivity index (χ4n) is 13.6. The highest BCUT2D eigenvalue weighted by atomic mass is 15.2. The third kappa shape index (κ3) is 11.2. The molecule has 2 aliphatic heterocycles. The molecule has 2 aliphatic rings. The van der Waals surface area contributed by atoms with E-state index in [1.165, 1.54) is 33.4 Å². The zero-order valence-corrected chi connectivity index (χ0v) is 58.4. The van der Waals surface area contributed by atoms with Crippen molar-refractivity contribution in [3.8, 4) is 39.1 Å². The van der Waals surface area contributed by atoms with Gasteiger partial charge in [0.2, 0.25) is 0 Å². The summed E-state index contributed by atoms with van der Waals surface area (Å²) in [4.78, 5) is 4.91. The van der Waals surface area contributed by atoms with Crippen LogP contribution in [-0.2, 0) is 37.9 Å². The van der Waals surface area contributed by atoms with Crippen LogP contribution in [0.2, 0.25) is 0 Å². The largest absolute Gasteiger partial charge is 0.311 e. The lowest BCUT2D eigenvalue weighted by atomic mass is 9.33. The fourth-order valence-corrected chi connectivity index (χ4v) is 13.6. The van der Waals surface area contributed by atoms with Crippen LogP contribution in [0.3, 0.4) is 0 Å². The summed E-state index contributed by atoms with van der Waals surface area (Å²) in [5.74, 6) is 0. The molecule has 0 saturated heterocycles. The number of benzene rings is 10. The van der Waals surface area contributed by atoms with Crippen molar-refractivity contribution in [1.29, 1.82) is 0 Å². The van der Waals surface area contributed by atoms with Crippen LogP contribution in [0.5, 0.6) is 0 Å². The Balaban J connectivity index is 1.17. The van der Waals surface area contributed by atoms with Crippen molar-refractivity contribution >= 4 is 79.0 Å². The Morgan fingerprint density at radius 1 is 0.283 bits per heavy atom. The maximum absolute atomic E-state index is 9.66. The standard InChI is InChI=1S/C88H96BN3/c1-82(2,3)61-40-58(41-62(49-61)83(4,5)6)55-28-26-30-68(46-55)91-77-48-57(60-44-65(86(13,14)15)51-66(45-60)87(16,17)18)36-38-73(77)89-74-39-37-70(90-75-34-24-22-32-71(75)72-33-23-25-35-76(72)90)54-78(74)92(80-53-67(88(19,20)21)52-79(91)81(80)89)69-31-27-29-56(47-69)59-42-63(84(7,8)9)50-64(43-59)85(10,11)12/h22-54H,1-21H3/i22D,23D,24D,25D,32D,33D,34D,35D. The Bertz CT molecular complexity index is 5060. The minimum Gasteiger partial charge on any atom is -0.311 e. The van der Waals surface area contributed by atoms with Crippen LogP contribution >= 0.6 is 0 Å². The first-order valence-electron chi connectivity index (χ1n) is 37.1. The van der Waals surface area contributed by atoms with E-state index in [1.807, 2.05) is 6.07 Å². The molecule has 4 heteroatoms. The van der Waals surface area contributed by atoms with Gasteiger partial charge in [-0.1, -0.05) is 279 Å². The lowest BCUT2D eigenvalue weighted by molar-refractivity contribution is 0.568. The molecule has 92 heavy (non-hydrogen) atoms. The van der Waals surface area contributed by atoms with E-state index >= 15 is 0 Å². The summed E-state index contributed by atoms with van der Waals surface area (Å²) in [6.07, 6.45) is 0. The quantitative estimate of drug-likeness (QED) is 0.154. The highest BCUT2D eigenvalue weighted by molar-refractivity contribution is 7.00. The van der Waals surface area contributed by atoms with Crippen molar-refractivity contribution in [2.45, 2.75) is 183 Å². The molecule has 0 aliphatic carbocycles. The summed E-state index contributed by atoms with van der Waals surface area (Å²) in [5, 5.41) is 0.0696. The summed E-state index contributed by atoms with van der Waals surface area (Å²) in [6, 6.07) is 54.1. The number of nitrogens with zero attached hydrogens (tertiary/aromatic N) is 3. The molecule has 0 atom stereocenters. The Hall–Kier alpha value is -8.34. The zero-order chi connectivity index (χ0) is 72.7. The summed E-state index contributed by atoms with van der Waals surface area (Å²) in [6.45, 7) is 47.6. The number of fused-ring (bicyclic) bond motifs is 7. The molecule has 10 aromatic carbocycles. The minimum atomic E-state index is -0.481. The van der Waals surface area contributed by atoms with Crippen LogP contribution in [0.1, 0.15) is 195 Å². The Morgan fingerprint density at radius 3 is 0.978 bits per heavy atom. The monoisotopic (exact) mass is 1210 g/mol. The second kappa shape index (κ2) is 21.6. The number of rotatable bonds is 6. The Kier molecular flexibility index (Phi) is 12.5. The fraction of sp³-hybridized carbons (Fsp3) is 0.318. The SMILES string of the molecule is [2H]c1c([2H])c([2H])c2c(c1[2H])c1c([2H])c([2H])c([2H])c([2H])c1n2-c1ccc2c(c1)N(c1cccc(-c3cc(C(C)(C)C)cc(C(C)(C)C)c3)c1)c1cc(C(C)(C)C)cc3c1B2c1ccc(-c2cc(C(C)(C)C)cc(C(C)(C)C)c2)cc1N3c1cccc(-c2cc(C(C)(C)C)cc(C(C)(C)C)c2)c1. The molecule has 0 radical (unpaired) electrons. The van der Waals surface area contributed by atoms with Crippen molar-refractivity contribution in [3.63, 3.8) is 0 Å². The molecule has 11 aromatic rings. The van der Waals surface area contributed by atoms with Crippen molar-refractivity contribution < 1.29 is 11.0 Å². The average molecular weight is 1210 g/mol. The molecule has 1 aromatic heterocycles. The van der Waals surface area contributed by atoms with E-state index in [1.54, 1.807) is 4.57 Å². The normalized spacial score (nSPS) is 15.1. The van der Waals surface area contributed by atoms with Gasteiger partial charge in [0, 0.05) is 50.6 Å². The van der Waals surface area contributed by atoms with Gasteiger partial charge in [-0.25, -0.2) is 0 Å². The Labute approximate surface area is 562 Å². The summed E-state index contributed by atoms with van der Waals surface area (Å²) in [5.41, 5.74) is 23.8. The summed E-state index contributed by atoms with van der Waals surface area (Å²) in [7, 11) is 0. The minimum absolute atomic E-state index is 0.0348. The number of hydrogen-bond donors (Lipinski definition) is 0. The molecule has 0 N–H and O–H groups in total. The third-order valence-corrected chi connectivity index (χ3v) is 19.4. The van der Waals surface area contributed by atoms with Gasteiger partial charge in [0.25, 0.3) is 6.71 Å². The number of hydrogen-bond acceptors (Lipinski definition) is 2. The van der Waals surface area contributed by atoms with Gasteiger partial charge < -0.3 is 14.4 Å². The first-order valence-corrected chi connectivity index (χ1v) is 33.1. The maximum Gasteiger partial charge on any atom is 0.252 e. The van der Waals surface area contributed by atoms with Crippen LogP contribution in [0.15, 0.2) is 200 Å². The van der Waals surface area contributed by atoms with Crippen molar-refractivity contribution in [2.24, 2.45) is 0 Å². The van der Waals surface area contributed by atoms with Gasteiger partial charge in [-0.2, -0.15) is 0 Å². The van der Waals surface area contributed by atoms with Gasteiger partial charge in [0.15, 0.2) is 0 Å². The lowest BCUT2D eigenvalue weighted by Crippen LogP contribution is -2.61. The van der Waals surface area contributed by atoms with Gasteiger partial charge >= 0.3 is 0 Å². The van der Waals surface area contributed by atoms with Crippen LogP contribution in [0.25, 0.3) is 60.9 Å². The van der Waals surface area contributed by atoms with Crippen LogP contribution in [-0.4, -0.2) is 11.3 Å². The molecule has 0 fully saturated rings. The Morgan fingerprint density at radius 2 is 0.609 bits per heavy atom. The lowest BCUT2D eigenvalue weighted by Gasteiger charge is -2.45.